The Morgan fingerprint density at radius 2 is 2.00 bits per heavy atom. The Kier molecular flexibility index (Phi) is 5.36. The molecule has 3 rings (SSSR count). The molecule has 0 atom stereocenters. The SMILES string of the molecule is CCc1cc(OCc2nc3cc(C(F)(F)F)ccc3s2)ccc1NC(C)=O. The number of aryl methyl sites for hydroxylation is 1. The molecule has 1 amide bonds. The number of aromatic nitrogens is 1. The zero-order valence-electron chi connectivity index (χ0n) is 14.7. The second kappa shape index (κ2) is 7.56. The predicted molar refractivity (Wildman–Crippen MR) is 99.1 cm³/mol. The Balaban J connectivity index is 1.75. The van der Waals surface area contributed by atoms with E-state index >= 15 is 0 Å². The second-order valence-electron chi connectivity index (χ2n) is 5.93. The number of carbonyl (C=O) groups excluding carboxylic acids is 1. The van der Waals surface area contributed by atoms with Gasteiger partial charge in [0, 0.05) is 12.6 Å². The maximum atomic E-state index is 12.8. The summed E-state index contributed by atoms with van der Waals surface area (Å²) in [7, 11) is 0. The third kappa shape index (κ3) is 4.57. The first-order valence-corrected chi connectivity index (χ1v) is 9.08. The highest BCUT2D eigenvalue weighted by Gasteiger charge is 2.30. The van der Waals surface area contributed by atoms with E-state index in [0.717, 1.165) is 23.4 Å². The van der Waals surface area contributed by atoms with Crippen molar-refractivity contribution in [2.24, 2.45) is 0 Å². The monoisotopic (exact) mass is 394 g/mol. The van der Waals surface area contributed by atoms with Gasteiger partial charge in [-0.1, -0.05) is 6.92 Å². The van der Waals surface area contributed by atoms with Gasteiger partial charge >= 0.3 is 6.18 Å². The molecule has 3 aromatic rings. The van der Waals surface area contributed by atoms with Crippen molar-refractivity contribution in [1.29, 1.82) is 0 Å². The Labute approximate surface area is 158 Å². The zero-order chi connectivity index (χ0) is 19.6. The van der Waals surface area contributed by atoms with E-state index < -0.39 is 11.7 Å². The van der Waals surface area contributed by atoms with Crippen LogP contribution in [0.15, 0.2) is 36.4 Å². The fraction of sp³-hybridized carbons (Fsp3) is 0.263. The fourth-order valence-corrected chi connectivity index (χ4v) is 3.48. The van der Waals surface area contributed by atoms with E-state index in [0.29, 0.717) is 27.4 Å². The molecule has 0 aliphatic heterocycles. The summed E-state index contributed by atoms with van der Waals surface area (Å²) in [5, 5.41) is 3.35. The molecule has 0 spiro atoms. The summed E-state index contributed by atoms with van der Waals surface area (Å²) in [4.78, 5) is 15.5. The van der Waals surface area contributed by atoms with Gasteiger partial charge in [-0.05, 0) is 48.4 Å². The van der Waals surface area contributed by atoms with Crippen LogP contribution < -0.4 is 10.1 Å². The van der Waals surface area contributed by atoms with Crippen LogP contribution >= 0.6 is 11.3 Å². The van der Waals surface area contributed by atoms with Crippen molar-refractivity contribution >= 4 is 33.1 Å². The zero-order valence-corrected chi connectivity index (χ0v) is 15.5. The molecule has 0 aliphatic rings. The quantitative estimate of drug-likeness (QED) is 0.629. The van der Waals surface area contributed by atoms with Crippen LogP contribution in [0.2, 0.25) is 0 Å². The van der Waals surface area contributed by atoms with Gasteiger partial charge in [0.1, 0.15) is 17.4 Å². The van der Waals surface area contributed by atoms with Crippen molar-refractivity contribution in [2.75, 3.05) is 5.32 Å². The van der Waals surface area contributed by atoms with Crippen molar-refractivity contribution < 1.29 is 22.7 Å². The summed E-state index contributed by atoms with van der Waals surface area (Å²) in [6.45, 7) is 3.57. The van der Waals surface area contributed by atoms with Gasteiger partial charge in [0.2, 0.25) is 5.91 Å². The molecule has 0 aliphatic carbocycles. The van der Waals surface area contributed by atoms with Crippen LogP contribution in [0.25, 0.3) is 10.2 Å². The second-order valence-corrected chi connectivity index (χ2v) is 7.05. The first-order chi connectivity index (χ1) is 12.8. The fourth-order valence-electron chi connectivity index (χ4n) is 2.62. The number of thiazole rings is 1. The van der Waals surface area contributed by atoms with E-state index in [2.05, 4.69) is 10.3 Å². The molecule has 2 aromatic carbocycles. The van der Waals surface area contributed by atoms with Crippen LogP contribution in [-0.2, 0) is 24.0 Å². The average molecular weight is 394 g/mol. The average Bonchev–Trinajstić information content (AvgIpc) is 3.01. The minimum absolute atomic E-state index is 0.147. The van der Waals surface area contributed by atoms with E-state index in [-0.39, 0.29) is 12.5 Å². The van der Waals surface area contributed by atoms with Crippen molar-refractivity contribution in [3.05, 3.63) is 52.5 Å². The summed E-state index contributed by atoms with van der Waals surface area (Å²) in [5.41, 5.74) is 1.26. The molecule has 4 nitrogen and oxygen atoms in total. The number of carbonyl (C=O) groups is 1. The molecule has 0 radical (unpaired) electrons. The van der Waals surface area contributed by atoms with Gasteiger partial charge in [0.05, 0.1) is 15.8 Å². The molecule has 0 saturated heterocycles. The number of nitrogens with one attached hydrogen (secondary N) is 1. The summed E-state index contributed by atoms with van der Waals surface area (Å²) in [6, 6.07) is 8.87. The largest absolute Gasteiger partial charge is 0.486 e. The van der Waals surface area contributed by atoms with Gasteiger partial charge in [0.15, 0.2) is 0 Å². The van der Waals surface area contributed by atoms with Crippen molar-refractivity contribution in [2.45, 2.75) is 33.1 Å². The Bertz CT molecular complexity index is 983. The van der Waals surface area contributed by atoms with Gasteiger partial charge in [-0.2, -0.15) is 13.2 Å². The number of ether oxygens (including phenoxy) is 1. The smallest absolute Gasteiger partial charge is 0.416 e. The number of anilines is 1. The number of alkyl halides is 3. The topological polar surface area (TPSA) is 51.2 Å². The van der Waals surface area contributed by atoms with E-state index in [1.807, 2.05) is 13.0 Å². The van der Waals surface area contributed by atoms with Gasteiger partial charge < -0.3 is 10.1 Å². The lowest BCUT2D eigenvalue weighted by Crippen LogP contribution is -2.08. The molecule has 1 heterocycles. The standard InChI is InChI=1S/C19H17F3N2O2S/c1-3-12-8-14(5-6-15(12)23-11(2)25)26-10-18-24-16-9-13(19(20,21)22)4-7-17(16)27-18/h4-9H,3,10H2,1-2H3,(H,23,25). The lowest BCUT2D eigenvalue weighted by Gasteiger charge is -2.11. The minimum atomic E-state index is -4.39. The van der Waals surface area contributed by atoms with Crippen molar-refractivity contribution in [3.8, 4) is 5.75 Å². The van der Waals surface area contributed by atoms with E-state index in [4.69, 9.17) is 4.74 Å². The van der Waals surface area contributed by atoms with Gasteiger partial charge in [-0.3, -0.25) is 4.79 Å². The van der Waals surface area contributed by atoms with Gasteiger partial charge in [-0.15, -0.1) is 11.3 Å². The van der Waals surface area contributed by atoms with Crippen LogP contribution in [0.1, 0.15) is 30.0 Å². The van der Waals surface area contributed by atoms with Crippen LogP contribution in [0.3, 0.4) is 0 Å². The first-order valence-electron chi connectivity index (χ1n) is 8.26. The van der Waals surface area contributed by atoms with E-state index in [9.17, 15) is 18.0 Å². The summed E-state index contributed by atoms with van der Waals surface area (Å²) in [6.07, 6.45) is -3.67. The maximum Gasteiger partial charge on any atom is 0.416 e. The molecule has 0 saturated carbocycles. The highest BCUT2D eigenvalue weighted by Crippen LogP contribution is 2.33. The number of halogens is 3. The number of fused-ring (bicyclic) bond motifs is 1. The lowest BCUT2D eigenvalue weighted by atomic mass is 10.1. The number of rotatable bonds is 5. The number of hydrogen-bond acceptors (Lipinski definition) is 4. The van der Waals surface area contributed by atoms with E-state index in [1.54, 1.807) is 12.1 Å². The number of hydrogen-bond donors (Lipinski definition) is 1. The first kappa shape index (κ1) is 19.2. The van der Waals surface area contributed by atoms with Gasteiger partial charge in [-0.25, -0.2) is 4.98 Å². The summed E-state index contributed by atoms with van der Waals surface area (Å²) in [5.74, 6) is 0.460. The number of amides is 1. The highest BCUT2D eigenvalue weighted by molar-refractivity contribution is 7.18. The van der Waals surface area contributed by atoms with Crippen LogP contribution in [0.4, 0.5) is 18.9 Å². The van der Waals surface area contributed by atoms with Crippen LogP contribution in [0, 0.1) is 0 Å². The Morgan fingerprint density at radius 1 is 1.22 bits per heavy atom. The molecule has 0 fully saturated rings. The highest BCUT2D eigenvalue weighted by atomic mass is 32.1. The minimum Gasteiger partial charge on any atom is -0.486 e. The molecule has 0 bridgehead atoms. The van der Waals surface area contributed by atoms with Crippen molar-refractivity contribution in [1.82, 2.24) is 4.98 Å². The van der Waals surface area contributed by atoms with Crippen LogP contribution in [0.5, 0.6) is 5.75 Å². The normalized spacial score (nSPS) is 11.6. The molecule has 8 heteroatoms. The van der Waals surface area contributed by atoms with Crippen LogP contribution in [-0.4, -0.2) is 10.9 Å². The van der Waals surface area contributed by atoms with E-state index in [1.165, 1.54) is 24.3 Å². The molecule has 27 heavy (non-hydrogen) atoms. The number of nitrogens with zero attached hydrogens (tertiary/aromatic N) is 1. The van der Waals surface area contributed by atoms with Crippen molar-refractivity contribution in [3.63, 3.8) is 0 Å². The molecule has 1 aromatic heterocycles. The maximum absolute atomic E-state index is 12.8. The lowest BCUT2D eigenvalue weighted by molar-refractivity contribution is -0.137. The molecule has 1 N–H and O–H groups in total. The number of benzene rings is 2. The van der Waals surface area contributed by atoms with Gasteiger partial charge in [0.25, 0.3) is 0 Å². The molecular formula is C19H17F3N2O2S. The Morgan fingerprint density at radius 3 is 2.67 bits per heavy atom. The summed E-state index contributed by atoms with van der Waals surface area (Å²) < 4.78 is 44.8. The molecular weight excluding hydrogens is 377 g/mol. The summed E-state index contributed by atoms with van der Waals surface area (Å²) >= 11 is 1.30. The predicted octanol–water partition coefficient (Wildman–Crippen LogP) is 5.41. The molecule has 142 valence electrons. The molecule has 0 unspecified atom stereocenters. The third-order valence-electron chi connectivity index (χ3n) is 3.89. The third-order valence-corrected chi connectivity index (χ3v) is 4.90. The Hall–Kier alpha value is -2.61.